The van der Waals surface area contributed by atoms with Gasteiger partial charge in [-0.25, -0.2) is 0 Å². The van der Waals surface area contributed by atoms with Crippen molar-refractivity contribution in [2.24, 2.45) is 0 Å². The SMILES string of the molecule is C=CC(=O)CC1COC(C)(C)O1. The van der Waals surface area contributed by atoms with Gasteiger partial charge in [0.2, 0.25) is 0 Å². The average molecular weight is 170 g/mol. The average Bonchev–Trinajstić information content (AvgIpc) is 2.30. The quantitative estimate of drug-likeness (QED) is 0.598. The van der Waals surface area contributed by atoms with E-state index in [-0.39, 0.29) is 11.9 Å². The molecule has 68 valence electrons. The lowest BCUT2D eigenvalue weighted by Crippen LogP contribution is -2.22. The zero-order valence-electron chi connectivity index (χ0n) is 7.50. The monoisotopic (exact) mass is 170 g/mol. The van der Waals surface area contributed by atoms with E-state index in [9.17, 15) is 4.79 Å². The third-order valence-electron chi connectivity index (χ3n) is 1.72. The zero-order chi connectivity index (χ0) is 9.19. The number of ketones is 1. The molecular formula is C9H14O3. The number of hydrogen-bond acceptors (Lipinski definition) is 3. The van der Waals surface area contributed by atoms with E-state index < -0.39 is 5.79 Å². The fourth-order valence-electron chi connectivity index (χ4n) is 1.17. The van der Waals surface area contributed by atoms with Gasteiger partial charge in [-0.05, 0) is 19.9 Å². The Kier molecular flexibility index (Phi) is 2.65. The first-order chi connectivity index (χ1) is 5.53. The van der Waals surface area contributed by atoms with Gasteiger partial charge in [0.25, 0.3) is 0 Å². The second-order valence-corrected chi connectivity index (χ2v) is 3.33. The lowest BCUT2D eigenvalue weighted by molar-refractivity contribution is -0.141. The lowest BCUT2D eigenvalue weighted by atomic mass is 10.2. The molecule has 1 aliphatic rings. The van der Waals surface area contributed by atoms with Gasteiger partial charge in [-0.2, -0.15) is 0 Å². The third kappa shape index (κ3) is 2.43. The van der Waals surface area contributed by atoms with Crippen LogP contribution >= 0.6 is 0 Å². The fourth-order valence-corrected chi connectivity index (χ4v) is 1.17. The maximum absolute atomic E-state index is 10.9. The van der Waals surface area contributed by atoms with Gasteiger partial charge >= 0.3 is 0 Å². The van der Waals surface area contributed by atoms with E-state index in [1.165, 1.54) is 6.08 Å². The van der Waals surface area contributed by atoms with Crippen LogP contribution in [0.4, 0.5) is 0 Å². The molecule has 1 rings (SSSR count). The van der Waals surface area contributed by atoms with Crippen molar-refractivity contribution in [3.8, 4) is 0 Å². The highest BCUT2D eigenvalue weighted by Gasteiger charge is 2.33. The maximum Gasteiger partial charge on any atom is 0.163 e. The van der Waals surface area contributed by atoms with Gasteiger partial charge < -0.3 is 9.47 Å². The van der Waals surface area contributed by atoms with Gasteiger partial charge in [0.1, 0.15) is 0 Å². The summed E-state index contributed by atoms with van der Waals surface area (Å²) in [7, 11) is 0. The zero-order valence-corrected chi connectivity index (χ0v) is 7.50. The highest BCUT2D eigenvalue weighted by atomic mass is 16.7. The molecule has 0 bridgehead atoms. The molecule has 1 heterocycles. The van der Waals surface area contributed by atoms with E-state index in [1.54, 1.807) is 0 Å². The Morgan fingerprint density at radius 1 is 1.75 bits per heavy atom. The molecule has 0 aliphatic carbocycles. The van der Waals surface area contributed by atoms with Gasteiger partial charge in [0.05, 0.1) is 12.7 Å². The Morgan fingerprint density at radius 2 is 2.42 bits per heavy atom. The first-order valence-corrected chi connectivity index (χ1v) is 4.00. The molecule has 0 saturated carbocycles. The lowest BCUT2D eigenvalue weighted by Gasteiger charge is -2.16. The number of carbonyl (C=O) groups is 1. The summed E-state index contributed by atoms with van der Waals surface area (Å²) in [5.41, 5.74) is 0. The maximum atomic E-state index is 10.9. The Morgan fingerprint density at radius 3 is 2.83 bits per heavy atom. The normalized spacial score (nSPS) is 27.0. The van der Waals surface area contributed by atoms with Crippen LogP contribution in [0.1, 0.15) is 20.3 Å². The summed E-state index contributed by atoms with van der Waals surface area (Å²) in [5, 5.41) is 0. The number of hydrogen-bond donors (Lipinski definition) is 0. The van der Waals surface area contributed by atoms with Gasteiger partial charge in [-0.1, -0.05) is 6.58 Å². The van der Waals surface area contributed by atoms with Gasteiger partial charge in [-0.3, -0.25) is 4.79 Å². The van der Waals surface area contributed by atoms with Gasteiger partial charge in [0, 0.05) is 6.42 Å². The standard InChI is InChI=1S/C9H14O3/c1-4-7(10)5-8-6-11-9(2,3)12-8/h4,8H,1,5-6H2,2-3H3. The molecule has 0 spiro atoms. The molecule has 0 aromatic heterocycles. The van der Waals surface area contributed by atoms with Crippen LogP contribution in [0.15, 0.2) is 12.7 Å². The van der Waals surface area contributed by atoms with Crippen molar-refractivity contribution < 1.29 is 14.3 Å². The molecule has 0 aromatic carbocycles. The summed E-state index contributed by atoms with van der Waals surface area (Å²) in [6.45, 7) is 7.56. The second-order valence-electron chi connectivity index (χ2n) is 3.33. The van der Waals surface area contributed by atoms with Crippen molar-refractivity contribution in [2.75, 3.05) is 6.61 Å². The summed E-state index contributed by atoms with van der Waals surface area (Å²) < 4.78 is 10.7. The van der Waals surface area contributed by atoms with Crippen molar-refractivity contribution >= 4 is 5.78 Å². The smallest absolute Gasteiger partial charge is 0.163 e. The molecular weight excluding hydrogens is 156 g/mol. The van der Waals surface area contributed by atoms with E-state index in [0.717, 1.165) is 0 Å². The molecule has 1 aliphatic heterocycles. The highest BCUT2D eigenvalue weighted by Crippen LogP contribution is 2.23. The minimum absolute atomic E-state index is 0.00120. The van der Waals surface area contributed by atoms with Crippen molar-refractivity contribution in [1.29, 1.82) is 0 Å². The summed E-state index contributed by atoms with van der Waals surface area (Å²) >= 11 is 0. The molecule has 1 unspecified atom stereocenters. The molecule has 1 saturated heterocycles. The largest absolute Gasteiger partial charge is 0.348 e. The van der Waals surface area contributed by atoms with E-state index in [4.69, 9.17) is 9.47 Å². The van der Waals surface area contributed by atoms with Crippen LogP contribution in [-0.2, 0) is 14.3 Å². The Balaban J connectivity index is 2.38. The Hall–Kier alpha value is -0.670. The van der Waals surface area contributed by atoms with Crippen LogP contribution in [0, 0.1) is 0 Å². The molecule has 1 atom stereocenters. The van der Waals surface area contributed by atoms with Crippen LogP contribution < -0.4 is 0 Å². The first kappa shape index (κ1) is 9.42. The molecule has 3 nitrogen and oxygen atoms in total. The minimum atomic E-state index is -0.536. The van der Waals surface area contributed by atoms with E-state index in [1.807, 2.05) is 13.8 Å². The van der Waals surface area contributed by atoms with Crippen molar-refractivity contribution in [1.82, 2.24) is 0 Å². The molecule has 0 amide bonds. The second kappa shape index (κ2) is 3.37. The molecule has 0 N–H and O–H groups in total. The number of rotatable bonds is 3. The van der Waals surface area contributed by atoms with Crippen molar-refractivity contribution in [3.63, 3.8) is 0 Å². The molecule has 3 heteroatoms. The molecule has 12 heavy (non-hydrogen) atoms. The molecule has 0 aromatic rings. The Labute approximate surface area is 72.4 Å². The van der Waals surface area contributed by atoms with Crippen LogP contribution in [0.25, 0.3) is 0 Å². The van der Waals surface area contributed by atoms with Crippen LogP contribution in [-0.4, -0.2) is 24.3 Å². The van der Waals surface area contributed by atoms with Crippen molar-refractivity contribution in [2.45, 2.75) is 32.2 Å². The predicted molar refractivity (Wildman–Crippen MR) is 44.7 cm³/mol. The highest BCUT2D eigenvalue weighted by molar-refractivity contribution is 5.89. The first-order valence-electron chi connectivity index (χ1n) is 4.00. The topological polar surface area (TPSA) is 35.5 Å². The van der Waals surface area contributed by atoms with Crippen molar-refractivity contribution in [3.05, 3.63) is 12.7 Å². The Bertz CT molecular complexity index is 196. The fraction of sp³-hybridized carbons (Fsp3) is 0.667. The summed E-state index contributed by atoms with van der Waals surface area (Å²) in [4.78, 5) is 10.9. The van der Waals surface area contributed by atoms with E-state index >= 15 is 0 Å². The van der Waals surface area contributed by atoms with Gasteiger partial charge in [0.15, 0.2) is 11.6 Å². The summed E-state index contributed by atoms with van der Waals surface area (Å²) in [6, 6.07) is 0. The minimum Gasteiger partial charge on any atom is -0.348 e. The van der Waals surface area contributed by atoms with E-state index in [0.29, 0.717) is 13.0 Å². The summed E-state index contributed by atoms with van der Waals surface area (Å²) in [6.07, 6.45) is 1.58. The molecule has 0 radical (unpaired) electrons. The van der Waals surface area contributed by atoms with E-state index in [2.05, 4.69) is 6.58 Å². The van der Waals surface area contributed by atoms with Crippen LogP contribution in [0.3, 0.4) is 0 Å². The summed E-state index contributed by atoms with van der Waals surface area (Å²) in [5.74, 6) is -0.534. The molecule has 1 fully saturated rings. The van der Waals surface area contributed by atoms with Gasteiger partial charge in [-0.15, -0.1) is 0 Å². The number of allylic oxidation sites excluding steroid dienone is 1. The number of carbonyl (C=O) groups excluding carboxylic acids is 1. The number of ether oxygens (including phenoxy) is 2. The predicted octanol–water partition coefficient (Wildman–Crippen LogP) is 1.28. The van der Waals surface area contributed by atoms with Crippen LogP contribution in [0.5, 0.6) is 0 Å². The van der Waals surface area contributed by atoms with Crippen LogP contribution in [0.2, 0.25) is 0 Å². The third-order valence-corrected chi connectivity index (χ3v) is 1.72.